The van der Waals surface area contributed by atoms with Crippen LogP contribution in [-0.2, 0) is 10.8 Å². The maximum Gasteiger partial charge on any atom is 0.0297 e. The molecule has 48 valence electrons. The molecule has 1 aliphatic rings. The summed E-state index contributed by atoms with van der Waals surface area (Å²) in [6, 6.07) is 0. The predicted octanol–water partition coefficient (Wildman–Crippen LogP) is 1.17. The first kappa shape index (κ1) is 6.27. The van der Waals surface area contributed by atoms with Crippen LogP contribution in [0.25, 0.3) is 0 Å². The fourth-order valence-corrected chi connectivity index (χ4v) is 2.82. The molecule has 1 fully saturated rings. The van der Waals surface area contributed by atoms with Crippen molar-refractivity contribution < 1.29 is 4.21 Å². The van der Waals surface area contributed by atoms with Crippen molar-refractivity contribution in [3.8, 4) is 0 Å². The highest BCUT2D eigenvalue weighted by molar-refractivity contribution is 7.86. The molecule has 0 aromatic heterocycles. The normalized spacial score (nSPS) is 46.0. The lowest BCUT2D eigenvalue weighted by Gasteiger charge is -2.36. The molecule has 0 aromatic carbocycles. The monoisotopic (exact) mass is 132 g/mol. The molecule has 1 rings (SSSR count). The zero-order chi connectivity index (χ0) is 6.20. The molecular formula is C6H12OS. The van der Waals surface area contributed by atoms with Gasteiger partial charge in [-0.3, -0.25) is 4.21 Å². The van der Waals surface area contributed by atoms with Gasteiger partial charge in [0.15, 0.2) is 0 Å². The van der Waals surface area contributed by atoms with Gasteiger partial charge in [-0.25, -0.2) is 0 Å². The number of rotatable bonds is 1. The average molecular weight is 132 g/mol. The Bertz CT molecular complexity index is 112. The summed E-state index contributed by atoms with van der Waals surface area (Å²) in [6.45, 7) is 4.37. The van der Waals surface area contributed by atoms with Crippen molar-refractivity contribution in [2.75, 3.05) is 11.5 Å². The van der Waals surface area contributed by atoms with E-state index in [1.165, 1.54) is 6.42 Å². The molecule has 0 amide bonds. The largest absolute Gasteiger partial charge is 0.260 e. The highest BCUT2D eigenvalue weighted by atomic mass is 32.2. The standard InChI is InChI=1S/C6H12OS/c1-3-6(2)4-8(7)5-6/h3-5H2,1-2H3. The molecule has 1 saturated heterocycles. The van der Waals surface area contributed by atoms with Gasteiger partial charge < -0.3 is 0 Å². The molecule has 0 spiro atoms. The van der Waals surface area contributed by atoms with Gasteiger partial charge in [-0.15, -0.1) is 0 Å². The summed E-state index contributed by atoms with van der Waals surface area (Å²) < 4.78 is 10.6. The summed E-state index contributed by atoms with van der Waals surface area (Å²) in [5.74, 6) is 1.87. The molecule has 1 aliphatic heterocycles. The lowest BCUT2D eigenvalue weighted by atomic mass is 9.92. The molecule has 2 heteroatoms. The molecule has 0 N–H and O–H groups in total. The summed E-state index contributed by atoms with van der Waals surface area (Å²) in [7, 11) is -0.461. The van der Waals surface area contributed by atoms with E-state index in [-0.39, 0.29) is 0 Å². The van der Waals surface area contributed by atoms with Crippen molar-refractivity contribution in [1.29, 1.82) is 0 Å². The van der Waals surface area contributed by atoms with E-state index in [1.807, 2.05) is 0 Å². The summed E-state index contributed by atoms with van der Waals surface area (Å²) in [4.78, 5) is 0. The molecule has 1 heterocycles. The molecule has 0 saturated carbocycles. The Morgan fingerprint density at radius 1 is 1.62 bits per heavy atom. The van der Waals surface area contributed by atoms with Crippen LogP contribution >= 0.6 is 0 Å². The SMILES string of the molecule is CCC1(C)CS(=O)C1. The Morgan fingerprint density at radius 3 is 2.25 bits per heavy atom. The smallest absolute Gasteiger partial charge is 0.0297 e. The lowest BCUT2D eigenvalue weighted by Crippen LogP contribution is -2.41. The second kappa shape index (κ2) is 1.83. The first-order chi connectivity index (χ1) is 3.66. The summed E-state index contributed by atoms with van der Waals surface area (Å²) in [6.07, 6.45) is 1.18. The van der Waals surface area contributed by atoms with E-state index in [4.69, 9.17) is 0 Å². The molecule has 8 heavy (non-hydrogen) atoms. The van der Waals surface area contributed by atoms with Crippen molar-refractivity contribution in [2.45, 2.75) is 20.3 Å². The topological polar surface area (TPSA) is 17.1 Å². The summed E-state index contributed by atoms with van der Waals surface area (Å²) >= 11 is 0. The Labute approximate surface area is 52.9 Å². The van der Waals surface area contributed by atoms with Crippen molar-refractivity contribution >= 4 is 10.8 Å². The summed E-state index contributed by atoms with van der Waals surface area (Å²) in [5, 5.41) is 0. The van der Waals surface area contributed by atoms with E-state index in [0.29, 0.717) is 5.41 Å². The molecule has 0 unspecified atom stereocenters. The quantitative estimate of drug-likeness (QED) is 0.523. The van der Waals surface area contributed by atoms with E-state index in [2.05, 4.69) is 13.8 Å². The third-order valence-electron chi connectivity index (χ3n) is 1.87. The van der Waals surface area contributed by atoms with Crippen LogP contribution in [0.1, 0.15) is 20.3 Å². The van der Waals surface area contributed by atoms with E-state index in [0.717, 1.165) is 11.5 Å². The first-order valence-corrected chi connectivity index (χ1v) is 4.50. The van der Waals surface area contributed by atoms with Gasteiger partial charge in [-0.1, -0.05) is 13.8 Å². The lowest BCUT2D eigenvalue weighted by molar-refractivity contribution is 0.376. The van der Waals surface area contributed by atoms with Crippen molar-refractivity contribution in [3.05, 3.63) is 0 Å². The van der Waals surface area contributed by atoms with Crippen LogP contribution in [0.3, 0.4) is 0 Å². The fourth-order valence-electron chi connectivity index (χ4n) is 0.939. The molecule has 0 radical (unpaired) electrons. The van der Waals surface area contributed by atoms with E-state index in [9.17, 15) is 4.21 Å². The highest BCUT2D eigenvalue weighted by Crippen LogP contribution is 2.32. The van der Waals surface area contributed by atoms with Crippen molar-refractivity contribution in [3.63, 3.8) is 0 Å². The Hall–Kier alpha value is 0.150. The van der Waals surface area contributed by atoms with E-state index < -0.39 is 10.8 Å². The zero-order valence-electron chi connectivity index (χ0n) is 5.44. The fraction of sp³-hybridized carbons (Fsp3) is 1.00. The third-order valence-corrected chi connectivity index (χ3v) is 3.91. The van der Waals surface area contributed by atoms with Crippen molar-refractivity contribution in [1.82, 2.24) is 0 Å². The number of hydrogen-bond acceptors (Lipinski definition) is 1. The van der Waals surface area contributed by atoms with Crippen LogP contribution in [0, 0.1) is 5.41 Å². The zero-order valence-corrected chi connectivity index (χ0v) is 6.25. The van der Waals surface area contributed by atoms with Crippen LogP contribution in [0.15, 0.2) is 0 Å². The van der Waals surface area contributed by atoms with Gasteiger partial charge in [-0.05, 0) is 11.8 Å². The number of hydrogen-bond donors (Lipinski definition) is 0. The minimum Gasteiger partial charge on any atom is -0.260 e. The Morgan fingerprint density at radius 2 is 2.12 bits per heavy atom. The van der Waals surface area contributed by atoms with E-state index in [1.54, 1.807) is 0 Å². The van der Waals surface area contributed by atoms with Gasteiger partial charge in [0, 0.05) is 22.3 Å². The van der Waals surface area contributed by atoms with Gasteiger partial charge in [0.2, 0.25) is 0 Å². The predicted molar refractivity (Wildman–Crippen MR) is 36.3 cm³/mol. The molecule has 0 atom stereocenters. The van der Waals surface area contributed by atoms with Crippen LogP contribution < -0.4 is 0 Å². The minimum absolute atomic E-state index is 0.435. The highest BCUT2D eigenvalue weighted by Gasteiger charge is 2.35. The van der Waals surface area contributed by atoms with Gasteiger partial charge in [0.1, 0.15) is 0 Å². The third kappa shape index (κ3) is 0.943. The molecular weight excluding hydrogens is 120 g/mol. The second-order valence-electron chi connectivity index (χ2n) is 2.89. The van der Waals surface area contributed by atoms with Crippen LogP contribution in [-0.4, -0.2) is 15.7 Å². The molecule has 0 aliphatic carbocycles. The van der Waals surface area contributed by atoms with Crippen molar-refractivity contribution in [2.24, 2.45) is 5.41 Å². The molecule has 1 nitrogen and oxygen atoms in total. The molecule has 0 bridgehead atoms. The van der Waals surface area contributed by atoms with Gasteiger partial charge in [0.25, 0.3) is 0 Å². The molecule has 0 aromatic rings. The van der Waals surface area contributed by atoms with Gasteiger partial charge in [0.05, 0.1) is 0 Å². The first-order valence-electron chi connectivity index (χ1n) is 3.01. The van der Waals surface area contributed by atoms with Gasteiger partial charge in [-0.2, -0.15) is 0 Å². The minimum atomic E-state index is -0.461. The Balaban J connectivity index is 2.40. The second-order valence-corrected chi connectivity index (χ2v) is 4.35. The summed E-state index contributed by atoms with van der Waals surface area (Å²) in [5.41, 5.74) is 0.435. The van der Waals surface area contributed by atoms with Crippen LogP contribution in [0.4, 0.5) is 0 Å². The Kier molecular flexibility index (Phi) is 1.44. The van der Waals surface area contributed by atoms with E-state index >= 15 is 0 Å². The average Bonchev–Trinajstić information content (AvgIpc) is 1.63. The maximum absolute atomic E-state index is 10.6. The van der Waals surface area contributed by atoms with Gasteiger partial charge >= 0.3 is 0 Å². The van der Waals surface area contributed by atoms with Crippen LogP contribution in [0.5, 0.6) is 0 Å². The van der Waals surface area contributed by atoms with Crippen LogP contribution in [0.2, 0.25) is 0 Å². The maximum atomic E-state index is 10.6.